The highest BCUT2D eigenvalue weighted by Crippen LogP contribution is 2.25. The maximum Gasteiger partial charge on any atom is 0.134 e. The SMILES string of the molecule is COc1ccsc1CNC1CCC(O)CC1. The van der Waals surface area contributed by atoms with Crippen molar-refractivity contribution in [2.45, 2.75) is 44.4 Å². The van der Waals surface area contributed by atoms with E-state index in [0.29, 0.717) is 6.04 Å². The van der Waals surface area contributed by atoms with E-state index in [1.807, 2.05) is 6.07 Å². The van der Waals surface area contributed by atoms with Crippen LogP contribution in [-0.2, 0) is 6.54 Å². The standard InChI is InChI=1S/C12H19NO2S/c1-15-11-6-7-16-12(11)8-13-9-2-4-10(14)5-3-9/h6-7,9-10,13-14H,2-5,8H2,1H3. The van der Waals surface area contributed by atoms with Crippen LogP contribution in [0.1, 0.15) is 30.6 Å². The van der Waals surface area contributed by atoms with Crippen LogP contribution in [0.2, 0.25) is 0 Å². The van der Waals surface area contributed by atoms with Crippen molar-refractivity contribution in [2.75, 3.05) is 7.11 Å². The predicted octanol–water partition coefficient (Wildman–Crippen LogP) is 2.15. The molecular weight excluding hydrogens is 222 g/mol. The summed E-state index contributed by atoms with van der Waals surface area (Å²) in [6.07, 6.45) is 3.94. The molecule has 0 unspecified atom stereocenters. The lowest BCUT2D eigenvalue weighted by molar-refractivity contribution is 0.116. The van der Waals surface area contributed by atoms with Crippen LogP contribution >= 0.6 is 11.3 Å². The molecule has 0 aromatic carbocycles. The molecule has 0 bridgehead atoms. The van der Waals surface area contributed by atoms with E-state index in [0.717, 1.165) is 38.0 Å². The second-order valence-electron chi connectivity index (χ2n) is 4.30. The Kier molecular flexibility index (Phi) is 4.21. The van der Waals surface area contributed by atoms with Gasteiger partial charge in [0.2, 0.25) is 0 Å². The molecule has 1 aliphatic carbocycles. The molecule has 0 atom stereocenters. The zero-order valence-electron chi connectivity index (χ0n) is 9.61. The molecule has 16 heavy (non-hydrogen) atoms. The quantitative estimate of drug-likeness (QED) is 0.848. The summed E-state index contributed by atoms with van der Waals surface area (Å²) in [4.78, 5) is 1.26. The first-order valence-electron chi connectivity index (χ1n) is 5.81. The molecule has 1 aromatic heterocycles. The highest BCUT2D eigenvalue weighted by molar-refractivity contribution is 7.10. The predicted molar refractivity (Wildman–Crippen MR) is 66.0 cm³/mol. The maximum absolute atomic E-state index is 9.42. The van der Waals surface area contributed by atoms with Gasteiger partial charge in [-0.1, -0.05) is 0 Å². The fraction of sp³-hybridized carbons (Fsp3) is 0.667. The fourth-order valence-electron chi connectivity index (χ4n) is 2.16. The molecule has 0 amide bonds. The van der Waals surface area contributed by atoms with Gasteiger partial charge in [-0.25, -0.2) is 0 Å². The molecule has 2 N–H and O–H groups in total. The van der Waals surface area contributed by atoms with Gasteiger partial charge < -0.3 is 15.2 Å². The van der Waals surface area contributed by atoms with Crippen molar-refractivity contribution < 1.29 is 9.84 Å². The zero-order valence-corrected chi connectivity index (χ0v) is 10.4. The first-order chi connectivity index (χ1) is 7.79. The summed E-state index contributed by atoms with van der Waals surface area (Å²) in [7, 11) is 1.71. The number of aliphatic hydroxyl groups is 1. The average molecular weight is 241 g/mol. The lowest BCUT2D eigenvalue weighted by Crippen LogP contribution is -2.33. The molecule has 0 aliphatic heterocycles. The van der Waals surface area contributed by atoms with Gasteiger partial charge in [-0.05, 0) is 37.1 Å². The maximum atomic E-state index is 9.42. The molecule has 90 valence electrons. The van der Waals surface area contributed by atoms with Crippen molar-refractivity contribution in [3.63, 3.8) is 0 Å². The Morgan fingerprint density at radius 2 is 2.19 bits per heavy atom. The third-order valence-electron chi connectivity index (χ3n) is 3.17. The average Bonchev–Trinajstić information content (AvgIpc) is 2.76. The van der Waals surface area contributed by atoms with Gasteiger partial charge in [0.05, 0.1) is 18.1 Å². The van der Waals surface area contributed by atoms with E-state index in [1.54, 1.807) is 18.4 Å². The van der Waals surface area contributed by atoms with E-state index in [-0.39, 0.29) is 6.10 Å². The van der Waals surface area contributed by atoms with Crippen LogP contribution in [0, 0.1) is 0 Å². The van der Waals surface area contributed by atoms with E-state index in [4.69, 9.17) is 4.74 Å². The van der Waals surface area contributed by atoms with Gasteiger partial charge in [-0.3, -0.25) is 0 Å². The van der Waals surface area contributed by atoms with E-state index in [9.17, 15) is 5.11 Å². The number of methoxy groups -OCH3 is 1. The molecule has 1 heterocycles. The minimum atomic E-state index is -0.0747. The van der Waals surface area contributed by atoms with Gasteiger partial charge in [0, 0.05) is 12.6 Å². The minimum Gasteiger partial charge on any atom is -0.496 e. The number of nitrogens with one attached hydrogen (secondary N) is 1. The monoisotopic (exact) mass is 241 g/mol. The number of hydrogen-bond donors (Lipinski definition) is 2. The number of thiophene rings is 1. The van der Waals surface area contributed by atoms with Crippen LogP contribution in [0.4, 0.5) is 0 Å². The summed E-state index contributed by atoms with van der Waals surface area (Å²) in [5, 5.41) is 15.0. The number of rotatable bonds is 4. The molecule has 3 nitrogen and oxygen atoms in total. The number of aliphatic hydroxyl groups excluding tert-OH is 1. The summed E-state index contributed by atoms with van der Waals surface area (Å²) in [6.45, 7) is 0.877. The second-order valence-corrected chi connectivity index (χ2v) is 5.30. The Morgan fingerprint density at radius 3 is 2.88 bits per heavy atom. The Morgan fingerprint density at radius 1 is 1.44 bits per heavy atom. The first kappa shape index (κ1) is 11.9. The highest BCUT2D eigenvalue weighted by atomic mass is 32.1. The summed E-state index contributed by atoms with van der Waals surface area (Å²) in [6, 6.07) is 2.56. The van der Waals surface area contributed by atoms with Gasteiger partial charge in [0.15, 0.2) is 0 Å². The molecule has 2 rings (SSSR count). The van der Waals surface area contributed by atoms with Crippen LogP contribution < -0.4 is 10.1 Å². The van der Waals surface area contributed by atoms with Crippen molar-refractivity contribution in [2.24, 2.45) is 0 Å². The van der Waals surface area contributed by atoms with Crippen LogP contribution in [-0.4, -0.2) is 24.4 Å². The molecule has 1 saturated carbocycles. The van der Waals surface area contributed by atoms with Gasteiger partial charge in [-0.2, -0.15) is 0 Å². The Bertz CT molecular complexity index is 319. The number of ether oxygens (including phenoxy) is 1. The third-order valence-corrected chi connectivity index (χ3v) is 4.07. The van der Waals surface area contributed by atoms with Crippen LogP contribution in [0.15, 0.2) is 11.4 Å². The molecule has 0 saturated heterocycles. The third kappa shape index (κ3) is 2.97. The van der Waals surface area contributed by atoms with Crippen molar-refractivity contribution >= 4 is 11.3 Å². The fourth-order valence-corrected chi connectivity index (χ4v) is 2.95. The zero-order chi connectivity index (χ0) is 11.4. The van der Waals surface area contributed by atoms with Crippen LogP contribution in [0.5, 0.6) is 5.75 Å². The van der Waals surface area contributed by atoms with Crippen molar-refractivity contribution in [3.05, 3.63) is 16.3 Å². The van der Waals surface area contributed by atoms with Crippen LogP contribution in [0.25, 0.3) is 0 Å². The summed E-state index contributed by atoms with van der Waals surface area (Å²) >= 11 is 1.73. The van der Waals surface area contributed by atoms with E-state index in [1.165, 1.54) is 4.88 Å². The normalized spacial score (nSPS) is 25.6. The van der Waals surface area contributed by atoms with Crippen molar-refractivity contribution in [1.29, 1.82) is 0 Å². The molecule has 1 aromatic rings. The smallest absolute Gasteiger partial charge is 0.134 e. The molecule has 0 radical (unpaired) electrons. The van der Waals surface area contributed by atoms with E-state index >= 15 is 0 Å². The summed E-state index contributed by atoms with van der Waals surface area (Å²) in [5.41, 5.74) is 0. The van der Waals surface area contributed by atoms with Gasteiger partial charge >= 0.3 is 0 Å². The molecule has 4 heteroatoms. The van der Waals surface area contributed by atoms with Crippen molar-refractivity contribution in [1.82, 2.24) is 5.32 Å². The van der Waals surface area contributed by atoms with Gasteiger partial charge in [-0.15, -0.1) is 11.3 Å². The molecule has 1 fully saturated rings. The Labute approximate surface area is 100 Å². The highest BCUT2D eigenvalue weighted by Gasteiger charge is 2.19. The topological polar surface area (TPSA) is 41.5 Å². The molecule has 0 spiro atoms. The largest absolute Gasteiger partial charge is 0.496 e. The number of hydrogen-bond acceptors (Lipinski definition) is 4. The summed E-state index contributed by atoms with van der Waals surface area (Å²) < 4.78 is 5.27. The van der Waals surface area contributed by atoms with Crippen molar-refractivity contribution in [3.8, 4) is 5.75 Å². The lowest BCUT2D eigenvalue weighted by Gasteiger charge is -2.26. The Balaban J connectivity index is 1.79. The van der Waals surface area contributed by atoms with E-state index < -0.39 is 0 Å². The minimum absolute atomic E-state index is 0.0747. The first-order valence-corrected chi connectivity index (χ1v) is 6.69. The van der Waals surface area contributed by atoms with E-state index in [2.05, 4.69) is 10.7 Å². The Hall–Kier alpha value is -0.580. The van der Waals surface area contributed by atoms with Gasteiger partial charge in [0.1, 0.15) is 5.75 Å². The lowest BCUT2D eigenvalue weighted by atomic mass is 9.93. The second kappa shape index (κ2) is 5.66. The van der Waals surface area contributed by atoms with Crippen LogP contribution in [0.3, 0.4) is 0 Å². The molecular formula is C12H19NO2S. The molecule has 1 aliphatic rings. The van der Waals surface area contributed by atoms with Gasteiger partial charge in [0.25, 0.3) is 0 Å². The summed E-state index contributed by atoms with van der Waals surface area (Å²) in [5.74, 6) is 0.980.